The first kappa shape index (κ1) is 20.8. The summed E-state index contributed by atoms with van der Waals surface area (Å²) in [5, 5.41) is 9.69. The summed E-state index contributed by atoms with van der Waals surface area (Å²) >= 11 is 0. The molecule has 0 saturated heterocycles. The van der Waals surface area contributed by atoms with Crippen molar-refractivity contribution in [2.75, 3.05) is 6.61 Å². The van der Waals surface area contributed by atoms with Crippen molar-refractivity contribution in [2.24, 2.45) is 0 Å². The highest BCUT2D eigenvalue weighted by Crippen LogP contribution is 2.39. The highest BCUT2D eigenvalue weighted by atomic mass is 19.2. The number of nitrogens with zero attached hydrogens (tertiary/aromatic N) is 1. The van der Waals surface area contributed by atoms with E-state index < -0.39 is 17.2 Å². The maximum atomic E-state index is 13.6. The highest BCUT2D eigenvalue weighted by molar-refractivity contribution is 6.06. The van der Waals surface area contributed by atoms with Crippen LogP contribution >= 0.6 is 0 Å². The number of aromatic hydroxyl groups is 1. The van der Waals surface area contributed by atoms with Crippen LogP contribution in [0, 0.1) is 11.6 Å². The summed E-state index contributed by atoms with van der Waals surface area (Å²) in [5.74, 6) is -1.69. The Bertz CT molecular complexity index is 1330. The Morgan fingerprint density at radius 3 is 2.61 bits per heavy atom. The molecular weight excluding hydrogens is 432 g/mol. The summed E-state index contributed by atoms with van der Waals surface area (Å²) in [6, 6.07) is 16.3. The van der Waals surface area contributed by atoms with Crippen molar-refractivity contribution in [1.29, 1.82) is 0 Å². The van der Waals surface area contributed by atoms with Crippen molar-refractivity contribution in [3.8, 4) is 23.0 Å². The third-order valence-corrected chi connectivity index (χ3v) is 5.45. The first-order valence-corrected chi connectivity index (χ1v) is 10.1. The van der Waals surface area contributed by atoms with Gasteiger partial charge in [-0.3, -0.25) is 4.79 Å². The number of aromatic nitrogens is 1. The number of carbonyl (C=O) groups excluding carboxylic acids is 1. The molecule has 5 rings (SSSR count). The van der Waals surface area contributed by atoms with Crippen LogP contribution in [0.15, 0.2) is 77.4 Å². The largest absolute Gasteiger partial charge is 0.508 e. The molecule has 0 bridgehead atoms. The van der Waals surface area contributed by atoms with Crippen LogP contribution in [0.5, 0.6) is 11.5 Å². The van der Waals surface area contributed by atoms with E-state index in [1.165, 1.54) is 24.5 Å². The molecule has 33 heavy (non-hydrogen) atoms. The van der Waals surface area contributed by atoms with Crippen LogP contribution in [-0.2, 0) is 16.9 Å². The van der Waals surface area contributed by atoms with Crippen LogP contribution in [0.2, 0.25) is 0 Å². The maximum absolute atomic E-state index is 13.6. The summed E-state index contributed by atoms with van der Waals surface area (Å²) in [4.78, 5) is 17.8. The zero-order valence-corrected chi connectivity index (χ0v) is 17.1. The second kappa shape index (κ2) is 8.14. The number of halogens is 2. The third-order valence-electron chi connectivity index (χ3n) is 5.45. The number of ether oxygens (including phenoxy) is 2. The van der Waals surface area contributed by atoms with E-state index in [1.807, 2.05) is 0 Å². The summed E-state index contributed by atoms with van der Waals surface area (Å²) in [6.07, 6.45) is 1.32. The topological polar surface area (TPSA) is 81.8 Å². The van der Waals surface area contributed by atoms with Gasteiger partial charge >= 0.3 is 0 Å². The van der Waals surface area contributed by atoms with Crippen molar-refractivity contribution in [2.45, 2.75) is 12.2 Å². The monoisotopic (exact) mass is 449 g/mol. The number of benzene rings is 3. The molecule has 1 unspecified atom stereocenters. The van der Waals surface area contributed by atoms with E-state index in [0.29, 0.717) is 22.6 Å². The van der Waals surface area contributed by atoms with Gasteiger partial charge in [-0.15, -0.1) is 0 Å². The first-order valence-electron chi connectivity index (χ1n) is 10.1. The summed E-state index contributed by atoms with van der Waals surface area (Å²) < 4.78 is 44.1. The number of para-hydroxylation sites is 1. The Morgan fingerprint density at radius 1 is 1.03 bits per heavy atom. The highest BCUT2D eigenvalue weighted by Gasteiger charge is 2.47. The zero-order chi connectivity index (χ0) is 23.0. The molecule has 0 fully saturated rings. The number of phenolic OH excluding ortho intramolecular Hbond substituents is 1. The van der Waals surface area contributed by atoms with E-state index >= 15 is 0 Å². The smallest absolute Gasteiger partial charge is 0.226 e. The average Bonchev–Trinajstić information content (AvgIpc) is 3.31. The van der Waals surface area contributed by atoms with Crippen molar-refractivity contribution in [1.82, 2.24) is 4.98 Å². The van der Waals surface area contributed by atoms with E-state index in [1.54, 1.807) is 36.4 Å². The van der Waals surface area contributed by atoms with Crippen molar-refractivity contribution in [3.63, 3.8) is 0 Å². The van der Waals surface area contributed by atoms with Gasteiger partial charge in [0, 0.05) is 5.56 Å². The van der Waals surface area contributed by atoms with Gasteiger partial charge < -0.3 is 19.0 Å². The molecule has 1 N–H and O–H groups in total. The molecule has 1 aromatic heterocycles. The summed E-state index contributed by atoms with van der Waals surface area (Å²) in [6.45, 7) is -0.202. The van der Waals surface area contributed by atoms with Gasteiger partial charge in [0.2, 0.25) is 11.7 Å². The number of carbonyl (C=O) groups is 1. The van der Waals surface area contributed by atoms with Crippen LogP contribution in [0.25, 0.3) is 11.5 Å². The molecule has 1 aliphatic rings. The van der Waals surface area contributed by atoms with E-state index in [0.717, 1.165) is 12.1 Å². The quantitative estimate of drug-likeness (QED) is 0.461. The predicted octanol–water partition coefficient (Wildman–Crippen LogP) is 5.01. The van der Waals surface area contributed by atoms with E-state index in [4.69, 9.17) is 13.9 Å². The van der Waals surface area contributed by atoms with Gasteiger partial charge in [0.1, 0.15) is 30.1 Å². The Kier molecular flexibility index (Phi) is 5.14. The van der Waals surface area contributed by atoms with Gasteiger partial charge in [-0.05, 0) is 48.0 Å². The second-order valence-corrected chi connectivity index (χ2v) is 7.55. The minimum atomic E-state index is -1.48. The Labute approximate surface area is 187 Å². The van der Waals surface area contributed by atoms with E-state index in [9.17, 15) is 18.7 Å². The molecule has 6 nitrogen and oxygen atoms in total. The fourth-order valence-electron chi connectivity index (χ4n) is 3.71. The Hall–Kier alpha value is -4.04. The van der Waals surface area contributed by atoms with Gasteiger partial charge in [0.25, 0.3) is 0 Å². The number of hydrogen-bond acceptors (Lipinski definition) is 6. The van der Waals surface area contributed by atoms with E-state index in [-0.39, 0.29) is 36.2 Å². The van der Waals surface area contributed by atoms with Gasteiger partial charge in [0.05, 0.1) is 12.2 Å². The number of rotatable bonds is 5. The fourth-order valence-corrected chi connectivity index (χ4v) is 3.71. The lowest BCUT2D eigenvalue weighted by atomic mass is 9.84. The van der Waals surface area contributed by atoms with Crippen molar-refractivity contribution >= 4 is 5.78 Å². The minimum absolute atomic E-state index is 0.0474. The van der Waals surface area contributed by atoms with Gasteiger partial charge in [-0.2, -0.15) is 0 Å². The lowest BCUT2D eigenvalue weighted by Gasteiger charge is -2.36. The van der Waals surface area contributed by atoms with E-state index in [2.05, 4.69) is 4.98 Å². The molecule has 4 aromatic rings. The SMILES string of the molecule is O=C1c2ccccc2OCC1(OCc1coc(-c2ccc(F)c(F)c2)n1)c1ccc(O)cc1. The maximum Gasteiger partial charge on any atom is 0.226 e. The number of ketones is 1. The Balaban J connectivity index is 1.46. The number of hydrogen-bond donors (Lipinski definition) is 1. The first-order chi connectivity index (χ1) is 16.0. The van der Waals surface area contributed by atoms with Crippen LogP contribution in [0.1, 0.15) is 21.6 Å². The standard InChI is InChI=1S/C25H17F2NO5/c26-20-10-5-15(11-21(20)27)24-28-17(12-31-24)13-33-25(16-6-8-18(29)9-7-16)14-32-22-4-2-1-3-19(22)23(25)30/h1-12,29H,13-14H2. The van der Waals surface area contributed by atoms with Gasteiger partial charge in [-0.1, -0.05) is 24.3 Å². The van der Waals surface area contributed by atoms with Crippen LogP contribution in [0.4, 0.5) is 8.78 Å². The second-order valence-electron chi connectivity index (χ2n) is 7.55. The van der Waals surface area contributed by atoms with Crippen molar-refractivity contribution in [3.05, 3.63) is 101 Å². The molecule has 2 heterocycles. The van der Waals surface area contributed by atoms with Crippen LogP contribution < -0.4 is 4.74 Å². The molecule has 0 saturated carbocycles. The Morgan fingerprint density at radius 2 is 1.82 bits per heavy atom. The lowest BCUT2D eigenvalue weighted by Crippen LogP contribution is -2.47. The number of oxazole rings is 1. The molecule has 0 radical (unpaired) electrons. The molecule has 1 aliphatic heterocycles. The number of fused-ring (bicyclic) bond motifs is 1. The molecule has 0 spiro atoms. The third kappa shape index (κ3) is 3.74. The molecule has 0 aliphatic carbocycles. The lowest BCUT2D eigenvalue weighted by molar-refractivity contribution is -0.0692. The predicted molar refractivity (Wildman–Crippen MR) is 113 cm³/mol. The fraction of sp³-hybridized carbons (Fsp3) is 0.120. The zero-order valence-electron chi connectivity index (χ0n) is 17.1. The van der Waals surface area contributed by atoms with Gasteiger partial charge in [-0.25, -0.2) is 13.8 Å². The molecule has 166 valence electrons. The van der Waals surface area contributed by atoms with Crippen LogP contribution in [0.3, 0.4) is 0 Å². The van der Waals surface area contributed by atoms with Gasteiger partial charge in [0.15, 0.2) is 17.2 Å². The normalized spacial score (nSPS) is 17.5. The number of Topliss-reactive ketones (excluding diaryl/α,β-unsaturated/α-hetero) is 1. The molecule has 1 atom stereocenters. The average molecular weight is 449 g/mol. The number of phenols is 1. The summed E-state index contributed by atoms with van der Waals surface area (Å²) in [7, 11) is 0. The molecule has 8 heteroatoms. The molecule has 0 amide bonds. The minimum Gasteiger partial charge on any atom is -0.508 e. The molecular formula is C25H17F2NO5. The van der Waals surface area contributed by atoms with Crippen LogP contribution in [-0.4, -0.2) is 22.5 Å². The summed E-state index contributed by atoms with van der Waals surface area (Å²) in [5.41, 5.74) is 0.00547. The van der Waals surface area contributed by atoms with Crippen molar-refractivity contribution < 1.29 is 32.6 Å². The molecule has 3 aromatic carbocycles.